The summed E-state index contributed by atoms with van der Waals surface area (Å²) in [4.78, 5) is 4.03. The van der Waals surface area contributed by atoms with Crippen LogP contribution in [0.25, 0.3) is 16.6 Å². The Morgan fingerprint density at radius 2 is 2.00 bits per heavy atom. The maximum absolute atomic E-state index is 14.8. The van der Waals surface area contributed by atoms with Crippen molar-refractivity contribution in [2.75, 3.05) is 0 Å². The molecule has 24 heavy (non-hydrogen) atoms. The number of fused-ring (bicyclic) bond motifs is 2. The molecule has 3 heterocycles. The van der Waals surface area contributed by atoms with Gasteiger partial charge in [-0.2, -0.15) is 9.61 Å². The van der Waals surface area contributed by atoms with Crippen LogP contribution in [-0.2, 0) is 6.42 Å². The van der Waals surface area contributed by atoms with E-state index in [1.807, 2.05) is 6.92 Å². The van der Waals surface area contributed by atoms with Crippen molar-refractivity contribution in [1.29, 1.82) is 0 Å². The zero-order chi connectivity index (χ0) is 16.8. The first kappa shape index (κ1) is 15.1. The molecule has 120 valence electrons. The van der Waals surface area contributed by atoms with Crippen LogP contribution in [0.5, 0.6) is 0 Å². The second-order valence-electron chi connectivity index (χ2n) is 5.41. The fourth-order valence-corrected chi connectivity index (χ4v) is 2.90. The lowest BCUT2D eigenvalue weighted by Crippen LogP contribution is -2.05. The number of halogens is 3. The molecule has 0 unspecified atom stereocenters. The highest BCUT2D eigenvalue weighted by Gasteiger charge is 2.18. The predicted octanol–water partition coefficient (Wildman–Crippen LogP) is 3.61. The Labute approximate surface area is 143 Å². The van der Waals surface area contributed by atoms with Crippen molar-refractivity contribution in [2.24, 2.45) is 0 Å². The van der Waals surface area contributed by atoms with Crippen molar-refractivity contribution in [2.45, 2.75) is 13.3 Å². The molecule has 0 atom stereocenters. The Balaban J connectivity index is 1.88. The molecule has 0 saturated carbocycles. The van der Waals surface area contributed by atoms with Crippen LogP contribution in [0.1, 0.15) is 17.1 Å². The highest BCUT2D eigenvalue weighted by molar-refractivity contribution is 9.10. The molecule has 4 aromatic rings. The lowest BCUT2D eigenvalue weighted by atomic mass is 10.1. The quantitative estimate of drug-likeness (QED) is 0.525. The molecular formula is C16H10BrF2N5. The molecule has 8 heteroatoms. The first-order valence-corrected chi connectivity index (χ1v) is 7.92. The van der Waals surface area contributed by atoms with E-state index in [1.54, 1.807) is 18.2 Å². The fraction of sp³-hybridized carbons (Fsp3) is 0.125. The molecule has 0 spiro atoms. The lowest BCUT2D eigenvalue weighted by molar-refractivity contribution is 0.565. The van der Waals surface area contributed by atoms with Crippen LogP contribution >= 0.6 is 15.9 Å². The number of rotatable bonds is 2. The molecule has 0 saturated heterocycles. The van der Waals surface area contributed by atoms with Crippen LogP contribution in [0, 0.1) is 18.6 Å². The summed E-state index contributed by atoms with van der Waals surface area (Å²) in [5.74, 6) is -0.948. The van der Waals surface area contributed by atoms with Gasteiger partial charge >= 0.3 is 0 Å². The number of pyridine rings is 1. The standard InChI is InChI=1S/C16H10BrF2N5/c1-8-2-3-14-21-22-15(24(14)23-8)5-10-12(18)6-13-11(16(10)19)4-9(17)7-20-13/h2-4,6-7H,5H2,1H3. The van der Waals surface area contributed by atoms with Gasteiger partial charge in [0.1, 0.15) is 11.6 Å². The first-order chi connectivity index (χ1) is 11.5. The third kappa shape index (κ3) is 2.43. The van der Waals surface area contributed by atoms with Crippen LogP contribution < -0.4 is 0 Å². The Bertz CT molecular complexity index is 1090. The van der Waals surface area contributed by atoms with E-state index in [0.29, 0.717) is 15.9 Å². The molecular weight excluding hydrogens is 380 g/mol. The molecule has 5 nitrogen and oxygen atoms in total. The number of hydrogen-bond donors (Lipinski definition) is 0. The van der Waals surface area contributed by atoms with Crippen LogP contribution in [0.3, 0.4) is 0 Å². The predicted molar refractivity (Wildman–Crippen MR) is 87.7 cm³/mol. The van der Waals surface area contributed by atoms with Gasteiger partial charge in [0.15, 0.2) is 11.5 Å². The minimum Gasteiger partial charge on any atom is -0.255 e. The third-order valence-corrected chi connectivity index (χ3v) is 4.17. The number of benzene rings is 1. The van der Waals surface area contributed by atoms with Crippen LogP contribution in [0.15, 0.2) is 34.9 Å². The van der Waals surface area contributed by atoms with E-state index in [2.05, 4.69) is 36.2 Å². The molecule has 0 aliphatic carbocycles. The first-order valence-electron chi connectivity index (χ1n) is 7.13. The maximum Gasteiger partial charge on any atom is 0.177 e. The van der Waals surface area contributed by atoms with E-state index in [0.717, 1.165) is 5.69 Å². The van der Waals surface area contributed by atoms with Crippen LogP contribution in [-0.4, -0.2) is 24.8 Å². The molecule has 0 aliphatic heterocycles. The Morgan fingerprint density at radius 1 is 1.17 bits per heavy atom. The Hall–Kier alpha value is -2.48. The lowest BCUT2D eigenvalue weighted by Gasteiger charge is -2.08. The summed E-state index contributed by atoms with van der Waals surface area (Å²) in [5.41, 5.74) is 1.47. The van der Waals surface area contributed by atoms with Gasteiger partial charge in [0, 0.05) is 34.1 Å². The van der Waals surface area contributed by atoms with Crippen LogP contribution in [0.4, 0.5) is 8.78 Å². The zero-order valence-corrected chi connectivity index (χ0v) is 14.0. The van der Waals surface area contributed by atoms with E-state index < -0.39 is 11.6 Å². The molecule has 0 amide bonds. The van der Waals surface area contributed by atoms with Gasteiger partial charge in [-0.25, -0.2) is 8.78 Å². The van der Waals surface area contributed by atoms with E-state index in [1.165, 1.54) is 16.8 Å². The molecule has 0 radical (unpaired) electrons. The summed E-state index contributed by atoms with van der Waals surface area (Å²) < 4.78 is 31.3. The monoisotopic (exact) mass is 389 g/mol. The van der Waals surface area contributed by atoms with Crippen molar-refractivity contribution in [3.05, 3.63) is 63.7 Å². The normalized spacial score (nSPS) is 11.5. The maximum atomic E-state index is 14.8. The average molecular weight is 390 g/mol. The highest BCUT2D eigenvalue weighted by Crippen LogP contribution is 2.26. The second-order valence-corrected chi connectivity index (χ2v) is 6.32. The van der Waals surface area contributed by atoms with Crippen LogP contribution in [0.2, 0.25) is 0 Å². The molecule has 0 bridgehead atoms. The largest absolute Gasteiger partial charge is 0.255 e. The van der Waals surface area contributed by atoms with E-state index in [-0.39, 0.29) is 22.9 Å². The average Bonchev–Trinajstić information content (AvgIpc) is 2.94. The summed E-state index contributed by atoms with van der Waals surface area (Å²) in [7, 11) is 0. The highest BCUT2D eigenvalue weighted by atomic mass is 79.9. The minimum atomic E-state index is -0.667. The number of aromatic nitrogens is 5. The molecule has 4 rings (SSSR count). The molecule has 1 aromatic carbocycles. The number of hydrogen-bond acceptors (Lipinski definition) is 4. The SMILES string of the molecule is Cc1ccc2nnc(Cc3c(F)cc4ncc(Br)cc4c3F)n2n1. The summed E-state index contributed by atoms with van der Waals surface area (Å²) >= 11 is 3.25. The van der Waals surface area contributed by atoms with Gasteiger partial charge in [0.25, 0.3) is 0 Å². The van der Waals surface area contributed by atoms with Crippen molar-refractivity contribution in [3.63, 3.8) is 0 Å². The summed E-state index contributed by atoms with van der Waals surface area (Å²) in [6.07, 6.45) is 1.44. The van der Waals surface area contributed by atoms with Gasteiger partial charge in [-0.3, -0.25) is 4.98 Å². The van der Waals surface area contributed by atoms with Gasteiger partial charge in [-0.1, -0.05) is 0 Å². The van der Waals surface area contributed by atoms with Crippen molar-refractivity contribution >= 4 is 32.5 Å². The third-order valence-electron chi connectivity index (χ3n) is 3.73. The minimum absolute atomic E-state index is 0.0578. The smallest absolute Gasteiger partial charge is 0.177 e. The number of aryl methyl sites for hydroxylation is 1. The van der Waals surface area contributed by atoms with Crippen molar-refractivity contribution in [1.82, 2.24) is 24.8 Å². The van der Waals surface area contributed by atoms with Crippen molar-refractivity contribution in [3.8, 4) is 0 Å². The molecule has 0 aliphatic rings. The second kappa shape index (κ2) is 5.55. The van der Waals surface area contributed by atoms with E-state index >= 15 is 0 Å². The summed E-state index contributed by atoms with van der Waals surface area (Å²) in [6.45, 7) is 1.82. The van der Waals surface area contributed by atoms with Gasteiger partial charge < -0.3 is 0 Å². The van der Waals surface area contributed by atoms with Crippen molar-refractivity contribution < 1.29 is 8.78 Å². The zero-order valence-electron chi connectivity index (χ0n) is 12.5. The van der Waals surface area contributed by atoms with Gasteiger partial charge in [0.05, 0.1) is 11.2 Å². The summed E-state index contributed by atoms with van der Waals surface area (Å²) in [6, 6.07) is 6.36. The number of nitrogens with zero attached hydrogens (tertiary/aromatic N) is 5. The van der Waals surface area contributed by atoms with E-state index in [9.17, 15) is 8.78 Å². The van der Waals surface area contributed by atoms with E-state index in [4.69, 9.17) is 0 Å². The fourth-order valence-electron chi connectivity index (χ4n) is 2.57. The van der Waals surface area contributed by atoms with Gasteiger partial charge in [0.2, 0.25) is 0 Å². The van der Waals surface area contributed by atoms with Gasteiger partial charge in [-0.15, -0.1) is 10.2 Å². The molecule has 0 fully saturated rings. The van der Waals surface area contributed by atoms with Gasteiger partial charge in [-0.05, 0) is 41.1 Å². The summed E-state index contributed by atoms with van der Waals surface area (Å²) in [5, 5.41) is 12.5. The Morgan fingerprint density at radius 3 is 2.83 bits per heavy atom. The Kier molecular flexibility index (Phi) is 3.49. The topological polar surface area (TPSA) is 56.0 Å². The molecule has 0 N–H and O–H groups in total. The molecule has 3 aromatic heterocycles.